The maximum atomic E-state index is 13.2. The van der Waals surface area contributed by atoms with Crippen LogP contribution in [-0.4, -0.2) is 46.2 Å². The highest BCUT2D eigenvalue weighted by atomic mass is 16.5. The number of methoxy groups -OCH3 is 1. The molecule has 1 fully saturated rings. The lowest BCUT2D eigenvalue weighted by atomic mass is 9.87. The number of nitrogens with zero attached hydrogens (tertiary/aromatic N) is 3. The molecule has 1 unspecified atom stereocenters. The first-order valence-electron chi connectivity index (χ1n) is 11.9. The number of nitrogens with one attached hydrogen (secondary N) is 2. The standard InChI is InChI=1S/C28H25N5O4/c1-16-10-19(11-20-13-32(2)31-24(16)20)17-4-7-21(8-5-17)28(26(35)29-27(36)30-28)15-33-14-18-6-9-22(37-3)12-23(18)25(33)34/h4-13H,14-15H2,1-3H3,(H2,29,30,35,36). The van der Waals surface area contributed by atoms with Gasteiger partial charge < -0.3 is 15.0 Å². The summed E-state index contributed by atoms with van der Waals surface area (Å²) in [6, 6.07) is 16.5. The summed E-state index contributed by atoms with van der Waals surface area (Å²) in [6.07, 6.45) is 1.98. The average Bonchev–Trinajstić information content (AvgIpc) is 3.51. The summed E-state index contributed by atoms with van der Waals surface area (Å²) in [5.74, 6) is -0.107. The van der Waals surface area contributed by atoms with E-state index in [4.69, 9.17) is 4.74 Å². The normalized spacial score (nSPS) is 18.8. The van der Waals surface area contributed by atoms with Crippen LogP contribution in [0.15, 0.2) is 60.8 Å². The molecule has 2 N–H and O–H groups in total. The topological polar surface area (TPSA) is 106 Å². The summed E-state index contributed by atoms with van der Waals surface area (Å²) in [5.41, 5.74) is 4.60. The first-order valence-corrected chi connectivity index (χ1v) is 11.9. The van der Waals surface area contributed by atoms with Gasteiger partial charge in [0, 0.05) is 30.7 Å². The van der Waals surface area contributed by atoms with E-state index in [0.29, 0.717) is 23.4 Å². The zero-order valence-corrected chi connectivity index (χ0v) is 20.7. The van der Waals surface area contributed by atoms with Crippen LogP contribution in [0.4, 0.5) is 4.79 Å². The fourth-order valence-corrected chi connectivity index (χ4v) is 5.32. The van der Waals surface area contributed by atoms with Gasteiger partial charge in [0.2, 0.25) is 0 Å². The third kappa shape index (κ3) is 3.62. The van der Waals surface area contributed by atoms with Crippen LogP contribution in [0, 0.1) is 6.92 Å². The third-order valence-electron chi connectivity index (χ3n) is 7.19. The lowest BCUT2D eigenvalue weighted by Crippen LogP contribution is -2.52. The predicted octanol–water partition coefficient (Wildman–Crippen LogP) is 3.25. The van der Waals surface area contributed by atoms with E-state index in [0.717, 1.165) is 33.2 Å². The van der Waals surface area contributed by atoms with Crippen LogP contribution in [0.1, 0.15) is 27.0 Å². The number of fused-ring (bicyclic) bond motifs is 2. The molecule has 0 aliphatic carbocycles. The number of rotatable bonds is 5. The third-order valence-corrected chi connectivity index (χ3v) is 7.19. The number of imide groups is 1. The molecule has 0 bridgehead atoms. The molecule has 9 nitrogen and oxygen atoms in total. The van der Waals surface area contributed by atoms with Crippen molar-refractivity contribution in [1.29, 1.82) is 0 Å². The van der Waals surface area contributed by atoms with E-state index in [1.165, 1.54) is 0 Å². The molecule has 37 heavy (non-hydrogen) atoms. The number of hydrogen-bond donors (Lipinski definition) is 2. The van der Waals surface area contributed by atoms with Gasteiger partial charge in [0.05, 0.1) is 19.2 Å². The predicted molar refractivity (Wildman–Crippen MR) is 137 cm³/mol. The summed E-state index contributed by atoms with van der Waals surface area (Å²) < 4.78 is 7.06. The van der Waals surface area contributed by atoms with Gasteiger partial charge >= 0.3 is 6.03 Å². The molecule has 0 saturated carbocycles. The second kappa shape index (κ2) is 8.19. The number of ether oxygens (including phenoxy) is 1. The summed E-state index contributed by atoms with van der Waals surface area (Å²) in [5, 5.41) is 10.7. The Kier molecular flexibility index (Phi) is 5.04. The van der Waals surface area contributed by atoms with Crippen molar-refractivity contribution in [3.05, 3.63) is 83.0 Å². The maximum Gasteiger partial charge on any atom is 0.322 e. The van der Waals surface area contributed by atoms with E-state index >= 15 is 0 Å². The van der Waals surface area contributed by atoms with Gasteiger partial charge in [0.1, 0.15) is 5.75 Å². The first kappa shape index (κ1) is 22.8. The van der Waals surface area contributed by atoms with Crippen molar-refractivity contribution in [2.24, 2.45) is 7.05 Å². The Morgan fingerprint density at radius 3 is 2.51 bits per heavy atom. The second-order valence-electron chi connectivity index (χ2n) is 9.61. The van der Waals surface area contributed by atoms with Crippen LogP contribution in [-0.2, 0) is 23.9 Å². The van der Waals surface area contributed by atoms with E-state index < -0.39 is 17.5 Å². The molecule has 0 spiro atoms. The lowest BCUT2D eigenvalue weighted by molar-refractivity contribution is -0.124. The van der Waals surface area contributed by atoms with Crippen LogP contribution in [0.2, 0.25) is 0 Å². The Labute approximate surface area is 213 Å². The van der Waals surface area contributed by atoms with Gasteiger partial charge in [-0.05, 0) is 59.0 Å². The molecule has 9 heteroatoms. The van der Waals surface area contributed by atoms with Crippen LogP contribution < -0.4 is 15.4 Å². The molecule has 186 valence electrons. The Hall–Kier alpha value is -4.66. The van der Waals surface area contributed by atoms with Crippen LogP contribution in [0.5, 0.6) is 5.75 Å². The highest BCUT2D eigenvalue weighted by Crippen LogP contribution is 2.34. The Balaban J connectivity index is 1.34. The van der Waals surface area contributed by atoms with Gasteiger partial charge in [-0.15, -0.1) is 0 Å². The minimum atomic E-state index is -1.40. The fraction of sp³-hybridized carbons (Fsp3) is 0.214. The van der Waals surface area contributed by atoms with Crippen molar-refractivity contribution in [1.82, 2.24) is 25.3 Å². The number of aryl methyl sites for hydroxylation is 2. The van der Waals surface area contributed by atoms with Crippen LogP contribution in [0.3, 0.4) is 0 Å². The number of benzene rings is 3. The molecule has 2 aliphatic rings. The summed E-state index contributed by atoms with van der Waals surface area (Å²) in [7, 11) is 3.44. The van der Waals surface area contributed by atoms with E-state index in [1.54, 1.807) is 28.8 Å². The Bertz CT molecular complexity index is 1610. The quantitative estimate of drug-likeness (QED) is 0.414. The zero-order chi connectivity index (χ0) is 25.9. The number of urea groups is 1. The molecule has 3 aromatic carbocycles. The van der Waals surface area contributed by atoms with Crippen LogP contribution in [0.25, 0.3) is 22.0 Å². The van der Waals surface area contributed by atoms with Gasteiger partial charge in [0.25, 0.3) is 11.8 Å². The smallest absolute Gasteiger partial charge is 0.322 e. The number of hydrogen-bond acceptors (Lipinski definition) is 5. The van der Waals surface area contributed by atoms with Gasteiger partial charge in [-0.25, -0.2) is 4.79 Å². The molecule has 1 saturated heterocycles. The SMILES string of the molecule is COc1ccc2c(c1)C(=O)N(CC1(c3ccc(-c4cc(C)c5nn(C)cc5c4)cc3)NC(=O)NC1=O)C2. The van der Waals surface area contributed by atoms with Crippen molar-refractivity contribution in [3.63, 3.8) is 0 Å². The van der Waals surface area contributed by atoms with Gasteiger partial charge in [-0.3, -0.25) is 19.6 Å². The van der Waals surface area contributed by atoms with Crippen molar-refractivity contribution in [3.8, 4) is 16.9 Å². The fourth-order valence-electron chi connectivity index (χ4n) is 5.32. The van der Waals surface area contributed by atoms with Crippen LogP contribution >= 0.6 is 0 Å². The monoisotopic (exact) mass is 495 g/mol. The number of carbonyl (C=O) groups is 3. The van der Waals surface area contributed by atoms with Crippen molar-refractivity contribution >= 4 is 28.7 Å². The molecule has 0 radical (unpaired) electrons. The van der Waals surface area contributed by atoms with Gasteiger partial charge in [0.15, 0.2) is 5.54 Å². The second-order valence-corrected chi connectivity index (χ2v) is 9.61. The average molecular weight is 496 g/mol. The zero-order valence-electron chi connectivity index (χ0n) is 20.7. The van der Waals surface area contributed by atoms with Crippen molar-refractivity contribution in [2.75, 3.05) is 13.7 Å². The minimum Gasteiger partial charge on any atom is -0.497 e. The minimum absolute atomic E-state index is 0.000497. The summed E-state index contributed by atoms with van der Waals surface area (Å²) >= 11 is 0. The largest absolute Gasteiger partial charge is 0.497 e. The molecule has 1 aromatic heterocycles. The van der Waals surface area contributed by atoms with Crippen molar-refractivity contribution < 1.29 is 19.1 Å². The van der Waals surface area contributed by atoms with E-state index in [-0.39, 0.29) is 12.5 Å². The maximum absolute atomic E-state index is 13.2. The molecule has 4 amide bonds. The number of carbonyl (C=O) groups excluding carboxylic acids is 3. The van der Waals surface area contributed by atoms with E-state index in [1.807, 2.05) is 50.5 Å². The number of aromatic nitrogens is 2. The Morgan fingerprint density at radius 2 is 1.81 bits per heavy atom. The lowest BCUT2D eigenvalue weighted by Gasteiger charge is -2.31. The van der Waals surface area contributed by atoms with Gasteiger partial charge in [-0.1, -0.05) is 30.3 Å². The molecule has 4 aromatic rings. The van der Waals surface area contributed by atoms with E-state index in [2.05, 4.69) is 27.9 Å². The molecule has 1 atom stereocenters. The Morgan fingerprint density at radius 1 is 1.03 bits per heavy atom. The summed E-state index contributed by atoms with van der Waals surface area (Å²) in [6.45, 7) is 2.37. The molecular formula is C28H25N5O4. The van der Waals surface area contributed by atoms with E-state index in [9.17, 15) is 14.4 Å². The van der Waals surface area contributed by atoms with Gasteiger partial charge in [-0.2, -0.15) is 5.10 Å². The highest BCUT2D eigenvalue weighted by Gasteiger charge is 2.50. The molecule has 2 aliphatic heterocycles. The van der Waals surface area contributed by atoms with Crippen molar-refractivity contribution in [2.45, 2.75) is 19.0 Å². The molecular weight excluding hydrogens is 470 g/mol. The highest BCUT2D eigenvalue weighted by molar-refractivity contribution is 6.08. The molecule has 3 heterocycles. The number of amides is 4. The first-order chi connectivity index (χ1) is 17.8. The summed E-state index contributed by atoms with van der Waals surface area (Å²) in [4.78, 5) is 40.2. The molecule has 6 rings (SSSR count).